The summed E-state index contributed by atoms with van der Waals surface area (Å²) >= 11 is 0. The molecule has 8 rings (SSSR count). The molecular formula is C33H35N7O3. The first kappa shape index (κ1) is 26.2. The number of carbonyl (C=O) groups excluding carboxylic acids is 1. The predicted molar refractivity (Wildman–Crippen MR) is 164 cm³/mol. The number of aromatic nitrogens is 5. The van der Waals surface area contributed by atoms with E-state index in [2.05, 4.69) is 26.3 Å². The van der Waals surface area contributed by atoms with Crippen LogP contribution >= 0.6 is 0 Å². The van der Waals surface area contributed by atoms with Crippen molar-refractivity contribution in [3.8, 4) is 34.3 Å². The Morgan fingerprint density at radius 2 is 1.88 bits per heavy atom. The van der Waals surface area contributed by atoms with Crippen LogP contribution in [0.1, 0.15) is 36.0 Å². The average molecular weight is 578 g/mol. The van der Waals surface area contributed by atoms with Gasteiger partial charge >= 0.3 is 0 Å². The minimum absolute atomic E-state index is 0.00154. The lowest BCUT2D eigenvalue weighted by atomic mass is 10.1. The largest absolute Gasteiger partial charge is 0.495 e. The van der Waals surface area contributed by atoms with Crippen molar-refractivity contribution in [3.05, 3.63) is 54.4 Å². The van der Waals surface area contributed by atoms with Gasteiger partial charge in [-0.05, 0) is 73.9 Å². The molecule has 3 fully saturated rings. The van der Waals surface area contributed by atoms with Gasteiger partial charge < -0.3 is 29.2 Å². The zero-order valence-corrected chi connectivity index (χ0v) is 24.7. The monoisotopic (exact) mass is 577 g/mol. The second kappa shape index (κ2) is 9.80. The fourth-order valence-corrected chi connectivity index (χ4v) is 7.15. The van der Waals surface area contributed by atoms with Crippen LogP contribution in [0.25, 0.3) is 44.8 Å². The number of methoxy groups -OCH3 is 2. The van der Waals surface area contributed by atoms with E-state index in [1.807, 2.05) is 42.4 Å². The van der Waals surface area contributed by atoms with Crippen LogP contribution in [0.2, 0.25) is 0 Å². The normalized spacial score (nSPS) is 21.3. The van der Waals surface area contributed by atoms with Crippen molar-refractivity contribution in [3.63, 3.8) is 0 Å². The summed E-state index contributed by atoms with van der Waals surface area (Å²) in [5, 5.41) is 1.05. The van der Waals surface area contributed by atoms with Crippen LogP contribution < -0.4 is 15.2 Å². The Bertz CT molecular complexity index is 1910. The number of rotatable bonds is 7. The third kappa shape index (κ3) is 4.18. The van der Waals surface area contributed by atoms with Gasteiger partial charge in [-0.15, -0.1) is 0 Å². The number of ether oxygens (including phenoxy) is 2. The van der Waals surface area contributed by atoms with Gasteiger partial charge in [0.05, 0.1) is 37.3 Å². The van der Waals surface area contributed by atoms with Crippen LogP contribution in [-0.2, 0) is 13.6 Å². The molecule has 1 aromatic carbocycles. The molecule has 1 amide bonds. The lowest BCUT2D eigenvalue weighted by molar-refractivity contribution is 0.0700. The molecule has 10 heteroatoms. The molecule has 3 aliphatic rings. The highest BCUT2D eigenvalue weighted by Gasteiger charge is 2.47. The van der Waals surface area contributed by atoms with Crippen molar-refractivity contribution >= 4 is 28.0 Å². The van der Waals surface area contributed by atoms with Crippen molar-refractivity contribution in [2.45, 2.75) is 44.3 Å². The van der Waals surface area contributed by atoms with E-state index in [9.17, 15) is 4.79 Å². The topological polar surface area (TPSA) is 113 Å². The lowest BCUT2D eigenvalue weighted by Crippen LogP contribution is -2.41. The Labute approximate surface area is 249 Å². The standard InChI is InChI=1S/C33H35N7O3/c1-38-30-25(11-21(13-28(30)43-3)33(41)40-17-20-7-9-26(40)29(20)34)37-32(38)27-12-19-6-8-24(22-10-23(42-2)15-35-14-22)36-31(19)39(27)16-18-4-5-18/h6,8,10-15,18,20,26,29H,4-5,7,9,16-17,34H2,1-3H3/t20?,26?,29-/m1/s1. The van der Waals surface area contributed by atoms with Crippen LogP contribution in [0.5, 0.6) is 11.5 Å². The molecule has 10 nitrogen and oxygen atoms in total. The van der Waals surface area contributed by atoms with E-state index in [1.54, 1.807) is 20.4 Å². The summed E-state index contributed by atoms with van der Waals surface area (Å²) in [5.41, 5.74) is 12.2. The molecule has 43 heavy (non-hydrogen) atoms. The van der Waals surface area contributed by atoms with Crippen molar-refractivity contribution in [2.75, 3.05) is 20.8 Å². The summed E-state index contributed by atoms with van der Waals surface area (Å²) in [4.78, 5) is 30.2. The Kier molecular flexibility index (Phi) is 5.98. The summed E-state index contributed by atoms with van der Waals surface area (Å²) in [5.74, 6) is 3.15. The number of pyridine rings is 2. The van der Waals surface area contributed by atoms with Gasteiger partial charge in [0.1, 0.15) is 22.7 Å². The van der Waals surface area contributed by atoms with Crippen LogP contribution in [0.3, 0.4) is 0 Å². The Hall–Kier alpha value is -4.44. The van der Waals surface area contributed by atoms with Crippen molar-refractivity contribution in [2.24, 2.45) is 24.6 Å². The second-order valence-electron chi connectivity index (χ2n) is 12.3. The maximum absolute atomic E-state index is 13.7. The summed E-state index contributed by atoms with van der Waals surface area (Å²) in [6, 6.07) is 12.2. The van der Waals surface area contributed by atoms with E-state index in [1.165, 1.54) is 12.8 Å². The van der Waals surface area contributed by atoms with E-state index in [-0.39, 0.29) is 18.0 Å². The maximum atomic E-state index is 13.7. The smallest absolute Gasteiger partial charge is 0.254 e. The van der Waals surface area contributed by atoms with Gasteiger partial charge in [0, 0.05) is 54.9 Å². The molecule has 5 heterocycles. The van der Waals surface area contributed by atoms with Gasteiger partial charge in [0.2, 0.25) is 0 Å². The number of piperidine rings is 1. The van der Waals surface area contributed by atoms with Gasteiger partial charge in [-0.2, -0.15) is 0 Å². The average Bonchev–Trinajstić information content (AvgIpc) is 3.44. The second-order valence-corrected chi connectivity index (χ2v) is 12.3. The third-order valence-electron chi connectivity index (χ3n) is 9.67. The number of imidazole rings is 1. The number of likely N-dealkylation sites (tertiary alicyclic amines) is 1. The van der Waals surface area contributed by atoms with E-state index in [0.717, 1.165) is 70.8 Å². The minimum Gasteiger partial charge on any atom is -0.495 e. The number of carbonyl (C=O) groups is 1. The molecule has 2 N–H and O–H groups in total. The summed E-state index contributed by atoms with van der Waals surface area (Å²) in [6.07, 6.45) is 8.00. The summed E-state index contributed by atoms with van der Waals surface area (Å²) in [7, 11) is 5.29. The van der Waals surface area contributed by atoms with E-state index >= 15 is 0 Å². The lowest BCUT2D eigenvalue weighted by Gasteiger charge is -2.27. The van der Waals surface area contributed by atoms with Gasteiger partial charge in [-0.1, -0.05) is 0 Å². The fourth-order valence-electron chi connectivity index (χ4n) is 7.15. The van der Waals surface area contributed by atoms with Crippen LogP contribution in [0.15, 0.2) is 48.8 Å². The zero-order chi connectivity index (χ0) is 29.4. The molecule has 1 aliphatic heterocycles. The van der Waals surface area contributed by atoms with E-state index in [0.29, 0.717) is 28.9 Å². The van der Waals surface area contributed by atoms with Crippen LogP contribution in [0.4, 0.5) is 0 Å². The molecule has 4 aromatic heterocycles. The van der Waals surface area contributed by atoms with Gasteiger partial charge in [-0.3, -0.25) is 9.78 Å². The van der Waals surface area contributed by atoms with Gasteiger partial charge in [0.15, 0.2) is 5.82 Å². The molecule has 220 valence electrons. The molecule has 2 aliphatic carbocycles. The zero-order valence-electron chi connectivity index (χ0n) is 24.7. The first-order chi connectivity index (χ1) is 20.9. The molecule has 2 bridgehead atoms. The molecule has 1 saturated heterocycles. The molecule has 5 aromatic rings. The quantitative estimate of drug-likeness (QED) is 0.300. The number of benzene rings is 1. The number of nitrogens with two attached hydrogens (primary N) is 1. The fraction of sp³-hybridized carbons (Fsp3) is 0.394. The van der Waals surface area contributed by atoms with Gasteiger partial charge in [0.25, 0.3) is 5.91 Å². The number of hydrogen-bond acceptors (Lipinski definition) is 7. The highest BCUT2D eigenvalue weighted by atomic mass is 16.5. The molecule has 2 saturated carbocycles. The van der Waals surface area contributed by atoms with Crippen molar-refractivity contribution in [1.29, 1.82) is 0 Å². The highest BCUT2D eigenvalue weighted by molar-refractivity contribution is 6.00. The summed E-state index contributed by atoms with van der Waals surface area (Å²) in [6.45, 7) is 1.59. The molecule has 2 unspecified atom stereocenters. The van der Waals surface area contributed by atoms with Crippen LogP contribution in [0, 0.1) is 11.8 Å². The highest BCUT2D eigenvalue weighted by Crippen LogP contribution is 2.40. The predicted octanol–water partition coefficient (Wildman–Crippen LogP) is 4.64. The van der Waals surface area contributed by atoms with Gasteiger partial charge in [-0.25, -0.2) is 9.97 Å². The number of nitrogens with zero attached hydrogens (tertiary/aromatic N) is 6. The third-order valence-corrected chi connectivity index (χ3v) is 9.67. The molecule has 3 atom stereocenters. The Morgan fingerprint density at radius 1 is 1.02 bits per heavy atom. The SMILES string of the molecule is COc1cncc(-c2ccc3cc(-c4nc5cc(C(=O)N6CC7CCC6[C@@H]7N)cc(OC)c5n4C)n(CC4CC4)c3n2)c1. The number of amides is 1. The number of hydrogen-bond donors (Lipinski definition) is 1. The minimum atomic E-state index is 0.00154. The van der Waals surface area contributed by atoms with E-state index in [4.69, 9.17) is 25.2 Å². The Balaban J connectivity index is 1.24. The van der Waals surface area contributed by atoms with Crippen LogP contribution in [-0.4, -0.2) is 67.7 Å². The molecule has 0 spiro atoms. The molecular weight excluding hydrogens is 542 g/mol. The Morgan fingerprint density at radius 3 is 2.60 bits per heavy atom. The number of fused-ring (bicyclic) bond motifs is 4. The first-order valence-electron chi connectivity index (χ1n) is 15.0. The maximum Gasteiger partial charge on any atom is 0.254 e. The van der Waals surface area contributed by atoms with Crippen molar-refractivity contribution < 1.29 is 14.3 Å². The molecule has 0 radical (unpaired) electrons. The first-order valence-corrected chi connectivity index (χ1v) is 15.0. The summed E-state index contributed by atoms with van der Waals surface area (Å²) < 4.78 is 15.6. The van der Waals surface area contributed by atoms with E-state index < -0.39 is 0 Å². The van der Waals surface area contributed by atoms with Crippen molar-refractivity contribution in [1.82, 2.24) is 29.0 Å². The number of aryl methyl sites for hydroxylation is 1.